The topological polar surface area (TPSA) is 149 Å². The molecule has 11 nitrogen and oxygen atoms in total. The van der Waals surface area contributed by atoms with Gasteiger partial charge >= 0.3 is 12.0 Å². The van der Waals surface area contributed by atoms with Crippen molar-refractivity contribution in [2.75, 3.05) is 25.6 Å². The van der Waals surface area contributed by atoms with E-state index in [0.717, 1.165) is 19.3 Å². The molecule has 0 aliphatic carbocycles. The highest BCUT2D eigenvalue weighted by Gasteiger charge is 2.33. The predicted octanol–water partition coefficient (Wildman–Crippen LogP) is 3.91. The number of anilines is 1. The van der Waals surface area contributed by atoms with Gasteiger partial charge in [-0.15, -0.1) is 0 Å². The van der Waals surface area contributed by atoms with E-state index in [9.17, 15) is 24.2 Å². The molecule has 39 heavy (non-hydrogen) atoms. The van der Waals surface area contributed by atoms with E-state index in [2.05, 4.69) is 27.2 Å². The highest BCUT2D eigenvalue weighted by atomic mass is 19.1. The molecule has 0 spiro atoms. The molecule has 0 aromatic carbocycles. The third-order valence-corrected chi connectivity index (χ3v) is 6.84. The molecule has 2 atom stereocenters. The van der Waals surface area contributed by atoms with Crippen molar-refractivity contribution < 1.29 is 33.7 Å². The molecule has 2 rings (SSSR count). The van der Waals surface area contributed by atoms with E-state index in [1.165, 1.54) is 63.5 Å². The minimum absolute atomic E-state index is 0.0422. The van der Waals surface area contributed by atoms with Crippen LogP contribution in [-0.2, 0) is 25.6 Å². The van der Waals surface area contributed by atoms with Crippen molar-refractivity contribution in [3.05, 3.63) is 12.4 Å². The number of aromatic nitrogens is 4. The van der Waals surface area contributed by atoms with Crippen LogP contribution in [0.25, 0.3) is 11.2 Å². The van der Waals surface area contributed by atoms with Crippen LogP contribution in [0.3, 0.4) is 0 Å². The molecule has 0 fully saturated rings. The first kappa shape index (κ1) is 32.5. The molecular formula is C27H44FN5O6. The second-order valence-electron chi connectivity index (χ2n) is 10.1. The fraction of sp³-hybridized carbons (Fsp3) is 0.741. The highest BCUT2D eigenvalue weighted by molar-refractivity contribution is 5.96. The number of hydrogen-bond acceptors (Lipinski definition) is 9. The number of aliphatic hydroxyl groups is 2. The quantitative estimate of drug-likeness (QED) is 0.126. The Kier molecular flexibility index (Phi) is 14.2. The normalized spacial score (nSPS) is 13.8. The Bertz CT molecular complexity index is 1030. The minimum atomic E-state index is -1.24. The van der Waals surface area contributed by atoms with Crippen LogP contribution in [0.15, 0.2) is 6.33 Å². The fourth-order valence-electron chi connectivity index (χ4n) is 4.09. The monoisotopic (exact) mass is 553 g/mol. The van der Waals surface area contributed by atoms with Crippen molar-refractivity contribution in [1.82, 2.24) is 19.5 Å². The van der Waals surface area contributed by atoms with E-state index in [0.29, 0.717) is 12.8 Å². The number of hydrogen-bond donors (Lipinski definition) is 3. The molecule has 0 aliphatic heterocycles. The van der Waals surface area contributed by atoms with Crippen LogP contribution in [0.1, 0.15) is 90.9 Å². The summed E-state index contributed by atoms with van der Waals surface area (Å²) < 4.78 is 25.9. The number of nitrogens with one attached hydrogen (secondary N) is 1. The molecule has 0 saturated carbocycles. The first-order valence-electron chi connectivity index (χ1n) is 13.9. The molecule has 3 N–H and O–H groups in total. The van der Waals surface area contributed by atoms with Crippen LogP contribution in [0.5, 0.6) is 0 Å². The Morgan fingerprint density at radius 3 is 2.38 bits per heavy atom. The Hall–Kier alpha value is -2.70. The largest absolute Gasteiger partial charge is 0.466 e. The van der Waals surface area contributed by atoms with E-state index in [1.54, 1.807) is 0 Å². The smallest absolute Gasteiger partial charge is 0.312 e. The number of nitrogens with zero attached hydrogens (tertiary/aromatic N) is 4. The van der Waals surface area contributed by atoms with E-state index >= 15 is 0 Å². The second kappa shape index (κ2) is 17.1. The van der Waals surface area contributed by atoms with Gasteiger partial charge in [-0.3, -0.25) is 9.59 Å². The number of imidazole rings is 1. The van der Waals surface area contributed by atoms with Crippen LogP contribution in [-0.4, -0.2) is 73.6 Å². The van der Waals surface area contributed by atoms with Gasteiger partial charge in [-0.05, 0) is 19.8 Å². The lowest BCUT2D eigenvalue weighted by Crippen LogP contribution is -2.46. The summed E-state index contributed by atoms with van der Waals surface area (Å²) in [6.07, 6.45) is 10.4. The molecular weight excluding hydrogens is 509 g/mol. The van der Waals surface area contributed by atoms with Gasteiger partial charge < -0.3 is 29.6 Å². The molecule has 0 unspecified atom stereocenters. The Morgan fingerprint density at radius 2 is 1.74 bits per heavy atom. The average Bonchev–Trinajstić information content (AvgIpc) is 3.32. The lowest BCUT2D eigenvalue weighted by Gasteiger charge is -2.31. The number of esters is 1. The van der Waals surface area contributed by atoms with Gasteiger partial charge in [0.05, 0.1) is 26.1 Å². The number of fused-ring (bicyclic) bond motifs is 1. The summed E-state index contributed by atoms with van der Waals surface area (Å²) in [6.45, 7) is 3.34. The lowest BCUT2D eigenvalue weighted by molar-refractivity contribution is -0.144. The van der Waals surface area contributed by atoms with Gasteiger partial charge in [0.1, 0.15) is 11.7 Å². The van der Waals surface area contributed by atoms with Gasteiger partial charge in [0.2, 0.25) is 5.91 Å². The van der Waals surface area contributed by atoms with E-state index in [4.69, 9.17) is 9.47 Å². The van der Waals surface area contributed by atoms with Crippen LogP contribution in [0.4, 0.5) is 10.2 Å². The maximum absolute atomic E-state index is 14.1. The summed E-state index contributed by atoms with van der Waals surface area (Å²) in [5.74, 6) is -0.808. The number of aliphatic hydroxyl groups excluding tert-OH is 2. The number of halogens is 1. The molecule has 0 saturated heterocycles. The molecule has 0 bridgehead atoms. The Labute approximate surface area is 229 Å². The fourth-order valence-corrected chi connectivity index (χ4v) is 4.09. The number of amides is 1. The first-order chi connectivity index (χ1) is 18.7. The van der Waals surface area contributed by atoms with Crippen LogP contribution < -0.4 is 5.32 Å². The zero-order valence-electron chi connectivity index (χ0n) is 23.5. The van der Waals surface area contributed by atoms with Gasteiger partial charge in [0.15, 0.2) is 17.0 Å². The predicted molar refractivity (Wildman–Crippen MR) is 144 cm³/mol. The molecule has 12 heteroatoms. The number of unbranched alkanes of at least 4 members (excludes halogenated alkanes) is 8. The number of methoxy groups -OCH3 is 1. The first-order valence-corrected chi connectivity index (χ1v) is 13.9. The zero-order valence-corrected chi connectivity index (χ0v) is 23.5. The Morgan fingerprint density at radius 1 is 1.08 bits per heavy atom. The SMILES string of the molecule is CCCCCCCCCCCC(=O)OCCCC(=O)Nc1nc(F)nc2c1ncn2C[C@H](O)[C@@](C)(CO)OC. The van der Waals surface area contributed by atoms with Crippen molar-refractivity contribution >= 4 is 28.9 Å². The standard InChI is InChI=1S/C27H44FN5O6/c1-4-5-6-7-8-9-10-11-12-15-22(37)39-16-13-14-21(36)30-24-23-25(32-26(28)31-24)33(19-29-23)17-20(35)27(2,18-34)38-3/h19-20,34-35H,4-18H2,1-3H3,(H,30,31,32,36)/t20-,27+/m0/s1. The van der Waals surface area contributed by atoms with Crippen molar-refractivity contribution in [3.8, 4) is 0 Å². The number of carbonyl (C=O) groups excluding carboxylic acids is 2. The number of rotatable bonds is 20. The lowest BCUT2D eigenvalue weighted by atomic mass is 10.00. The summed E-state index contributed by atoms with van der Waals surface area (Å²) in [4.78, 5) is 35.9. The molecule has 2 aromatic heterocycles. The maximum atomic E-state index is 14.1. The Balaban J connectivity index is 1.74. The van der Waals surface area contributed by atoms with Gasteiger partial charge in [0, 0.05) is 20.0 Å². The molecule has 0 aliphatic rings. The third-order valence-electron chi connectivity index (χ3n) is 6.84. The van der Waals surface area contributed by atoms with E-state index in [1.807, 2.05) is 0 Å². The van der Waals surface area contributed by atoms with Gasteiger partial charge in [0.25, 0.3) is 0 Å². The summed E-state index contributed by atoms with van der Waals surface area (Å²) in [7, 11) is 1.36. The minimum Gasteiger partial charge on any atom is -0.466 e. The van der Waals surface area contributed by atoms with Crippen LogP contribution in [0, 0.1) is 6.08 Å². The number of ether oxygens (including phenoxy) is 2. The van der Waals surface area contributed by atoms with Crippen LogP contribution >= 0.6 is 0 Å². The summed E-state index contributed by atoms with van der Waals surface area (Å²) in [5.41, 5.74) is -1.03. The van der Waals surface area contributed by atoms with Crippen molar-refractivity contribution in [1.29, 1.82) is 0 Å². The van der Waals surface area contributed by atoms with Crippen molar-refractivity contribution in [2.45, 2.75) is 109 Å². The zero-order chi connectivity index (χ0) is 28.7. The van der Waals surface area contributed by atoms with Gasteiger partial charge in [-0.1, -0.05) is 58.3 Å². The third kappa shape index (κ3) is 10.8. The summed E-state index contributed by atoms with van der Waals surface area (Å²) in [5, 5.41) is 22.5. The molecule has 220 valence electrons. The highest BCUT2D eigenvalue weighted by Crippen LogP contribution is 2.22. The van der Waals surface area contributed by atoms with Crippen LogP contribution in [0.2, 0.25) is 0 Å². The second-order valence-corrected chi connectivity index (χ2v) is 10.1. The average molecular weight is 554 g/mol. The number of carbonyl (C=O) groups is 2. The summed E-state index contributed by atoms with van der Waals surface area (Å²) >= 11 is 0. The van der Waals surface area contributed by atoms with Crippen molar-refractivity contribution in [2.24, 2.45) is 0 Å². The van der Waals surface area contributed by atoms with E-state index < -0.39 is 30.3 Å². The molecule has 1 amide bonds. The van der Waals surface area contributed by atoms with Gasteiger partial charge in [-0.2, -0.15) is 14.4 Å². The molecule has 2 aromatic rings. The van der Waals surface area contributed by atoms with Gasteiger partial charge in [-0.25, -0.2) is 4.98 Å². The maximum Gasteiger partial charge on any atom is 0.312 e. The molecule has 2 heterocycles. The molecule has 0 radical (unpaired) electrons. The van der Waals surface area contributed by atoms with E-state index in [-0.39, 0.29) is 42.5 Å². The van der Waals surface area contributed by atoms with Crippen molar-refractivity contribution in [3.63, 3.8) is 0 Å². The summed E-state index contributed by atoms with van der Waals surface area (Å²) in [6, 6.07) is 0.